The number of hydrogen-bond donors (Lipinski definition) is 0. The topological polar surface area (TPSA) is 22.3 Å². The Labute approximate surface area is 104 Å². The van der Waals surface area contributed by atoms with E-state index in [0.717, 1.165) is 12.4 Å². The average Bonchev–Trinajstić information content (AvgIpc) is 2.39. The van der Waals surface area contributed by atoms with Crippen molar-refractivity contribution >= 4 is 0 Å². The summed E-state index contributed by atoms with van der Waals surface area (Å²) in [5.74, 6) is 1.51. The van der Waals surface area contributed by atoms with Crippen LogP contribution in [0, 0.1) is 5.92 Å². The molecule has 0 aliphatic heterocycles. The van der Waals surface area contributed by atoms with Gasteiger partial charge in [-0.2, -0.15) is 0 Å². The first-order chi connectivity index (χ1) is 8.30. The second-order valence-corrected chi connectivity index (χ2v) is 4.31. The van der Waals surface area contributed by atoms with Crippen molar-refractivity contribution in [3.8, 4) is 5.75 Å². The van der Waals surface area contributed by atoms with Crippen LogP contribution in [0.25, 0.3) is 0 Å². The van der Waals surface area contributed by atoms with Crippen LogP contribution in [0.15, 0.2) is 24.5 Å². The summed E-state index contributed by atoms with van der Waals surface area (Å²) in [4.78, 5) is 5.72. The Balaban J connectivity index is 2.36. The molecule has 1 heterocycles. The minimum atomic E-state index is 0.657. The fraction of sp³-hybridized carbons (Fsp3) is 0.643. The Bertz CT molecular complexity index is 298. The summed E-state index contributed by atoms with van der Waals surface area (Å²) in [5, 5.41) is 0. The molecule has 0 spiro atoms. The molecule has 1 aromatic heterocycles. The number of hydrogen-bond acceptors (Lipinski definition) is 2. The van der Waals surface area contributed by atoms with Crippen LogP contribution in [0.2, 0.25) is 0 Å². The van der Waals surface area contributed by atoms with E-state index in [-0.39, 0.29) is 0 Å². The van der Waals surface area contributed by atoms with Gasteiger partial charge in [-0.1, -0.05) is 26.7 Å². The number of ether oxygens (including phenoxy) is 1. The van der Waals surface area contributed by atoms with Crippen LogP contribution in [0.3, 0.4) is 0 Å². The molecule has 1 unspecified atom stereocenters. The number of methoxy groups -OCH3 is 1. The van der Waals surface area contributed by atoms with Crippen LogP contribution in [0.4, 0.5) is 0 Å². The second kappa shape index (κ2) is 7.93. The van der Waals surface area contributed by atoms with Gasteiger partial charge in [0.05, 0.1) is 7.11 Å². The average molecular weight is 238 g/mol. The zero-order valence-corrected chi connectivity index (χ0v) is 11.2. The minimum absolute atomic E-state index is 0.657. The molecule has 1 rings (SSSR count). The molecule has 0 radical (unpaired) electrons. The van der Waals surface area contributed by atoms with Gasteiger partial charge < -0.3 is 4.74 Å². The summed E-state index contributed by atoms with van der Waals surface area (Å²) in [6.07, 6.45) is 8.73. The van der Waals surface area contributed by atoms with Gasteiger partial charge in [-0.25, -0.2) is 0 Å². The Morgan fingerprint density at radius 3 is 2.47 bits per heavy atom. The van der Waals surface area contributed by atoms with Crippen LogP contribution in [0.5, 0.6) is 5.75 Å². The molecule has 0 aliphatic rings. The lowest BCUT2D eigenvalue weighted by atomic mass is 10.0. The van der Waals surface area contributed by atoms with Crippen LogP contribution < -0.4 is 14.3 Å². The third-order valence-electron chi connectivity index (χ3n) is 3.01. The van der Waals surface area contributed by atoms with E-state index in [4.69, 9.17) is 9.57 Å². The smallest absolute Gasteiger partial charge is 0.226 e. The lowest BCUT2D eigenvalue weighted by Crippen LogP contribution is -2.43. The molecule has 1 atom stereocenters. The largest absolute Gasteiger partial charge is 0.496 e. The molecule has 17 heavy (non-hydrogen) atoms. The minimum Gasteiger partial charge on any atom is -0.496 e. The molecule has 0 aliphatic carbocycles. The predicted molar refractivity (Wildman–Crippen MR) is 67.9 cm³/mol. The number of rotatable bonds is 8. The van der Waals surface area contributed by atoms with E-state index in [2.05, 4.69) is 13.8 Å². The second-order valence-electron chi connectivity index (χ2n) is 4.31. The number of pyridine rings is 1. The third-order valence-corrected chi connectivity index (χ3v) is 3.01. The quantitative estimate of drug-likeness (QED) is 0.650. The molecule has 1 aromatic rings. The van der Waals surface area contributed by atoms with Gasteiger partial charge in [0.1, 0.15) is 5.75 Å². The fourth-order valence-electron chi connectivity index (χ4n) is 1.71. The highest BCUT2D eigenvalue weighted by Crippen LogP contribution is 2.11. The molecule has 0 saturated carbocycles. The van der Waals surface area contributed by atoms with Crippen molar-refractivity contribution in [1.82, 2.24) is 0 Å². The van der Waals surface area contributed by atoms with Crippen molar-refractivity contribution in [2.45, 2.75) is 39.5 Å². The third kappa shape index (κ3) is 5.07. The molecular weight excluding hydrogens is 214 g/mol. The van der Waals surface area contributed by atoms with E-state index in [9.17, 15) is 0 Å². The maximum absolute atomic E-state index is 5.72. The van der Waals surface area contributed by atoms with Crippen LogP contribution in [0.1, 0.15) is 39.5 Å². The van der Waals surface area contributed by atoms with Gasteiger partial charge in [0.2, 0.25) is 12.4 Å². The predicted octanol–water partition coefficient (Wildman–Crippen LogP) is 2.63. The number of nitrogens with zero attached hydrogens (tertiary/aromatic N) is 1. The van der Waals surface area contributed by atoms with E-state index < -0.39 is 0 Å². The lowest BCUT2D eigenvalue weighted by Gasteiger charge is -2.11. The standard InChI is InChI=1S/C14H24NO2/c1-4-6-7-13(5-2)12-17-15-10-8-14(16-3)9-11-15/h8-11,13H,4-7,12H2,1-3H3/q+1. The molecule has 0 N–H and O–H groups in total. The van der Waals surface area contributed by atoms with Crippen molar-refractivity contribution in [2.24, 2.45) is 5.92 Å². The molecule has 0 saturated heterocycles. The molecule has 0 amide bonds. The highest BCUT2D eigenvalue weighted by atomic mass is 16.7. The van der Waals surface area contributed by atoms with E-state index in [1.165, 1.54) is 25.7 Å². The summed E-state index contributed by atoms with van der Waals surface area (Å²) < 4.78 is 6.85. The Hall–Kier alpha value is -1.25. The molecule has 3 heteroatoms. The first-order valence-electron chi connectivity index (χ1n) is 6.48. The van der Waals surface area contributed by atoms with Crippen molar-refractivity contribution < 1.29 is 14.3 Å². The first-order valence-corrected chi connectivity index (χ1v) is 6.48. The van der Waals surface area contributed by atoms with Gasteiger partial charge in [0, 0.05) is 16.9 Å². The molecule has 0 fully saturated rings. The summed E-state index contributed by atoms with van der Waals surface area (Å²) in [5.41, 5.74) is 0. The monoisotopic (exact) mass is 238 g/mol. The lowest BCUT2D eigenvalue weighted by molar-refractivity contribution is -0.892. The molecule has 0 bridgehead atoms. The summed E-state index contributed by atoms with van der Waals surface area (Å²) in [6, 6.07) is 3.79. The van der Waals surface area contributed by atoms with Crippen molar-refractivity contribution in [3.05, 3.63) is 24.5 Å². The molecule has 3 nitrogen and oxygen atoms in total. The van der Waals surface area contributed by atoms with Crippen LogP contribution in [-0.2, 0) is 0 Å². The van der Waals surface area contributed by atoms with Crippen molar-refractivity contribution in [3.63, 3.8) is 0 Å². The van der Waals surface area contributed by atoms with Crippen molar-refractivity contribution in [1.29, 1.82) is 0 Å². The van der Waals surface area contributed by atoms with E-state index >= 15 is 0 Å². The van der Waals surface area contributed by atoms with Crippen LogP contribution in [-0.4, -0.2) is 13.7 Å². The van der Waals surface area contributed by atoms with Gasteiger partial charge in [0.25, 0.3) is 0 Å². The van der Waals surface area contributed by atoms with Gasteiger partial charge in [-0.15, -0.1) is 0 Å². The summed E-state index contributed by atoms with van der Waals surface area (Å²) >= 11 is 0. The SMILES string of the molecule is CCCCC(CC)CO[n+]1ccc(OC)cc1. The maximum Gasteiger partial charge on any atom is 0.226 e. The van der Waals surface area contributed by atoms with E-state index in [0.29, 0.717) is 5.92 Å². The van der Waals surface area contributed by atoms with E-state index in [1.807, 2.05) is 24.5 Å². The fourth-order valence-corrected chi connectivity index (χ4v) is 1.71. The Morgan fingerprint density at radius 1 is 1.24 bits per heavy atom. The normalized spacial score (nSPS) is 12.2. The van der Waals surface area contributed by atoms with E-state index in [1.54, 1.807) is 11.8 Å². The number of unbranched alkanes of at least 4 members (excludes halogenated alkanes) is 1. The molecular formula is C14H24NO2+. The highest BCUT2D eigenvalue weighted by molar-refractivity contribution is 5.13. The summed E-state index contributed by atoms with van der Waals surface area (Å²) in [6.45, 7) is 5.24. The highest BCUT2D eigenvalue weighted by Gasteiger charge is 2.10. The molecule has 0 aromatic carbocycles. The zero-order valence-electron chi connectivity index (χ0n) is 11.2. The first kappa shape index (κ1) is 13.8. The maximum atomic E-state index is 5.72. The van der Waals surface area contributed by atoms with Gasteiger partial charge in [-0.3, -0.25) is 4.84 Å². The van der Waals surface area contributed by atoms with Crippen LogP contribution >= 0.6 is 0 Å². The van der Waals surface area contributed by atoms with Crippen molar-refractivity contribution in [2.75, 3.05) is 13.7 Å². The van der Waals surface area contributed by atoms with Gasteiger partial charge in [0.15, 0.2) is 6.61 Å². The number of aromatic nitrogens is 1. The van der Waals surface area contributed by atoms with Gasteiger partial charge >= 0.3 is 0 Å². The summed E-state index contributed by atoms with van der Waals surface area (Å²) in [7, 11) is 1.67. The molecule has 96 valence electrons. The van der Waals surface area contributed by atoms with Gasteiger partial charge in [-0.05, 0) is 18.8 Å². The zero-order chi connectivity index (χ0) is 12.5. The Kier molecular flexibility index (Phi) is 6.45. The Morgan fingerprint density at radius 2 is 1.94 bits per heavy atom.